The predicted molar refractivity (Wildman–Crippen MR) is 82.8 cm³/mol. The molecule has 2 bridgehead atoms. The summed E-state index contributed by atoms with van der Waals surface area (Å²) >= 11 is 0. The number of hydrogen-bond acceptors (Lipinski definition) is 3. The van der Waals surface area contributed by atoms with Crippen molar-refractivity contribution in [3.63, 3.8) is 0 Å². The Morgan fingerprint density at radius 1 is 1.05 bits per heavy atom. The number of piperidine rings is 2. The standard InChI is InChI=1S/C17H32N2O/c1-19-15-6-5-7-16(19)11-14(10-15)18-12-17(13-20)8-3-2-4-9-17/h14-16,18,20H,2-13H2,1H3. The van der Waals surface area contributed by atoms with Crippen LogP contribution < -0.4 is 5.32 Å². The van der Waals surface area contributed by atoms with Crippen molar-refractivity contribution in [2.75, 3.05) is 20.2 Å². The Balaban J connectivity index is 1.53. The molecule has 1 saturated carbocycles. The van der Waals surface area contributed by atoms with Crippen molar-refractivity contribution in [1.82, 2.24) is 10.2 Å². The van der Waals surface area contributed by atoms with Crippen molar-refractivity contribution in [3.8, 4) is 0 Å². The second kappa shape index (κ2) is 6.33. The van der Waals surface area contributed by atoms with E-state index in [-0.39, 0.29) is 5.41 Å². The van der Waals surface area contributed by atoms with Crippen LogP contribution in [-0.2, 0) is 0 Å². The summed E-state index contributed by atoms with van der Waals surface area (Å²) in [4.78, 5) is 2.63. The first-order chi connectivity index (χ1) is 9.72. The molecule has 2 aliphatic heterocycles. The molecule has 3 aliphatic rings. The maximum Gasteiger partial charge on any atom is 0.0499 e. The smallest absolute Gasteiger partial charge is 0.0499 e. The zero-order valence-corrected chi connectivity index (χ0v) is 13.1. The van der Waals surface area contributed by atoms with E-state index in [1.165, 1.54) is 64.2 Å². The minimum atomic E-state index is 0.191. The predicted octanol–water partition coefficient (Wildman–Crippen LogP) is 2.53. The van der Waals surface area contributed by atoms with Crippen LogP contribution in [0.15, 0.2) is 0 Å². The molecule has 3 fully saturated rings. The second-order valence-electron chi connectivity index (χ2n) is 7.67. The van der Waals surface area contributed by atoms with Gasteiger partial charge in [0.1, 0.15) is 0 Å². The number of nitrogens with zero attached hydrogens (tertiary/aromatic N) is 1. The van der Waals surface area contributed by atoms with Gasteiger partial charge in [-0.05, 0) is 45.6 Å². The van der Waals surface area contributed by atoms with E-state index in [1.807, 2.05) is 0 Å². The van der Waals surface area contributed by atoms with Gasteiger partial charge in [-0.3, -0.25) is 0 Å². The Hall–Kier alpha value is -0.120. The fourth-order valence-electron chi connectivity index (χ4n) is 4.84. The molecular weight excluding hydrogens is 248 g/mol. The Kier molecular flexibility index (Phi) is 4.68. The van der Waals surface area contributed by atoms with Gasteiger partial charge in [-0.15, -0.1) is 0 Å². The third kappa shape index (κ3) is 3.05. The largest absolute Gasteiger partial charge is 0.396 e. The number of fused-ring (bicyclic) bond motifs is 2. The van der Waals surface area contributed by atoms with Gasteiger partial charge in [0, 0.05) is 36.7 Å². The highest BCUT2D eigenvalue weighted by Gasteiger charge is 2.37. The summed E-state index contributed by atoms with van der Waals surface area (Å²) in [6.07, 6.45) is 13.2. The number of rotatable bonds is 4. The van der Waals surface area contributed by atoms with E-state index in [1.54, 1.807) is 0 Å². The topological polar surface area (TPSA) is 35.5 Å². The monoisotopic (exact) mass is 280 g/mol. The van der Waals surface area contributed by atoms with Gasteiger partial charge in [0.25, 0.3) is 0 Å². The van der Waals surface area contributed by atoms with Gasteiger partial charge in [-0.1, -0.05) is 25.7 Å². The van der Waals surface area contributed by atoms with Gasteiger partial charge in [-0.25, -0.2) is 0 Å². The van der Waals surface area contributed by atoms with Crippen LogP contribution in [-0.4, -0.2) is 48.3 Å². The van der Waals surface area contributed by atoms with Crippen molar-refractivity contribution >= 4 is 0 Å². The Labute approximate surface area is 124 Å². The summed E-state index contributed by atoms with van der Waals surface area (Å²) in [5.74, 6) is 0. The van der Waals surface area contributed by atoms with Crippen molar-refractivity contribution in [1.29, 1.82) is 0 Å². The molecule has 0 aromatic heterocycles. The first-order valence-electron chi connectivity index (χ1n) is 8.79. The third-order valence-corrected chi connectivity index (χ3v) is 6.36. The minimum absolute atomic E-state index is 0.191. The molecule has 2 unspecified atom stereocenters. The Morgan fingerprint density at radius 3 is 2.30 bits per heavy atom. The molecule has 3 nitrogen and oxygen atoms in total. The molecular formula is C17H32N2O. The Bertz CT molecular complexity index is 300. The first kappa shape index (κ1) is 14.8. The highest BCUT2D eigenvalue weighted by molar-refractivity contribution is 4.95. The summed E-state index contributed by atoms with van der Waals surface area (Å²) < 4.78 is 0. The van der Waals surface area contributed by atoms with Gasteiger partial charge in [0.2, 0.25) is 0 Å². The van der Waals surface area contributed by atoms with Crippen LogP contribution in [0.5, 0.6) is 0 Å². The molecule has 0 amide bonds. The van der Waals surface area contributed by atoms with E-state index in [0.717, 1.165) is 18.6 Å². The molecule has 20 heavy (non-hydrogen) atoms. The molecule has 1 aliphatic carbocycles. The molecule has 0 aromatic carbocycles. The number of nitrogens with one attached hydrogen (secondary N) is 1. The van der Waals surface area contributed by atoms with Gasteiger partial charge in [0.15, 0.2) is 0 Å². The van der Waals surface area contributed by atoms with E-state index in [0.29, 0.717) is 12.6 Å². The second-order valence-corrected chi connectivity index (χ2v) is 7.67. The van der Waals surface area contributed by atoms with Crippen LogP contribution in [0, 0.1) is 5.41 Å². The lowest BCUT2D eigenvalue weighted by Crippen LogP contribution is -2.55. The SMILES string of the molecule is CN1C2CCCC1CC(NCC1(CO)CCCCC1)C2. The third-order valence-electron chi connectivity index (χ3n) is 6.36. The van der Waals surface area contributed by atoms with Gasteiger partial charge in [0.05, 0.1) is 0 Å². The van der Waals surface area contributed by atoms with E-state index >= 15 is 0 Å². The van der Waals surface area contributed by atoms with Crippen LogP contribution in [0.25, 0.3) is 0 Å². The molecule has 3 heteroatoms. The van der Waals surface area contributed by atoms with Crippen molar-refractivity contribution in [2.45, 2.75) is 82.3 Å². The molecule has 116 valence electrons. The summed E-state index contributed by atoms with van der Waals surface area (Å²) in [7, 11) is 2.32. The average Bonchev–Trinajstić information content (AvgIpc) is 2.46. The van der Waals surface area contributed by atoms with Crippen LogP contribution in [0.2, 0.25) is 0 Å². The summed E-state index contributed by atoms with van der Waals surface area (Å²) in [6.45, 7) is 1.41. The molecule has 0 radical (unpaired) electrons. The normalized spacial score (nSPS) is 37.8. The van der Waals surface area contributed by atoms with Gasteiger partial charge in [-0.2, -0.15) is 0 Å². The fourth-order valence-corrected chi connectivity index (χ4v) is 4.84. The van der Waals surface area contributed by atoms with Crippen LogP contribution in [0.4, 0.5) is 0 Å². The van der Waals surface area contributed by atoms with E-state index in [9.17, 15) is 5.11 Å². The molecule has 3 rings (SSSR count). The van der Waals surface area contributed by atoms with Gasteiger partial charge >= 0.3 is 0 Å². The van der Waals surface area contributed by atoms with Crippen molar-refractivity contribution in [2.24, 2.45) is 5.41 Å². The van der Waals surface area contributed by atoms with E-state index < -0.39 is 0 Å². The lowest BCUT2D eigenvalue weighted by Gasteiger charge is -2.48. The van der Waals surface area contributed by atoms with Crippen molar-refractivity contribution in [3.05, 3.63) is 0 Å². The summed E-state index contributed by atoms with van der Waals surface area (Å²) in [5.41, 5.74) is 0.191. The highest BCUT2D eigenvalue weighted by atomic mass is 16.3. The number of hydrogen-bond donors (Lipinski definition) is 2. The van der Waals surface area contributed by atoms with Crippen LogP contribution in [0.3, 0.4) is 0 Å². The Morgan fingerprint density at radius 2 is 1.70 bits per heavy atom. The number of aliphatic hydroxyl groups excluding tert-OH is 1. The molecule has 0 spiro atoms. The van der Waals surface area contributed by atoms with Crippen LogP contribution in [0.1, 0.15) is 64.2 Å². The average molecular weight is 280 g/mol. The zero-order valence-electron chi connectivity index (χ0n) is 13.1. The summed E-state index contributed by atoms with van der Waals surface area (Å²) in [6, 6.07) is 2.29. The zero-order chi connectivity index (χ0) is 14.0. The molecule has 2 heterocycles. The van der Waals surface area contributed by atoms with Gasteiger partial charge < -0.3 is 15.3 Å². The maximum absolute atomic E-state index is 9.83. The minimum Gasteiger partial charge on any atom is -0.396 e. The van der Waals surface area contributed by atoms with Crippen LogP contribution >= 0.6 is 0 Å². The fraction of sp³-hybridized carbons (Fsp3) is 1.00. The molecule has 2 N–H and O–H groups in total. The highest BCUT2D eigenvalue weighted by Crippen LogP contribution is 2.37. The number of aliphatic hydroxyl groups is 1. The molecule has 2 saturated heterocycles. The lowest BCUT2D eigenvalue weighted by molar-refractivity contribution is 0.0353. The lowest BCUT2D eigenvalue weighted by atomic mass is 9.74. The quantitative estimate of drug-likeness (QED) is 0.831. The van der Waals surface area contributed by atoms with E-state index in [4.69, 9.17) is 0 Å². The summed E-state index contributed by atoms with van der Waals surface area (Å²) in [5, 5.41) is 13.7. The molecule has 2 atom stereocenters. The van der Waals surface area contributed by atoms with Crippen molar-refractivity contribution < 1.29 is 5.11 Å². The van der Waals surface area contributed by atoms with E-state index in [2.05, 4.69) is 17.3 Å². The molecule has 0 aromatic rings. The first-order valence-corrected chi connectivity index (χ1v) is 8.79. The maximum atomic E-state index is 9.83.